The number of alkyl halides is 1. The van der Waals surface area contributed by atoms with Crippen LogP contribution in [0.5, 0.6) is 0 Å². The van der Waals surface area contributed by atoms with Crippen LogP contribution in [0.15, 0.2) is 18.2 Å². The first kappa shape index (κ1) is 12.7. The van der Waals surface area contributed by atoms with Crippen molar-refractivity contribution in [1.29, 1.82) is 0 Å². The molecule has 1 nitrogen and oxygen atoms in total. The smallest absolute Gasteiger partial charge is 0.0452 e. The van der Waals surface area contributed by atoms with Gasteiger partial charge in [-0.05, 0) is 43.1 Å². The van der Waals surface area contributed by atoms with Gasteiger partial charge < -0.3 is 0 Å². The Hall–Kier alpha value is 0.240. The van der Waals surface area contributed by atoms with Crippen LogP contribution in [0.2, 0.25) is 10.0 Å². The van der Waals surface area contributed by atoms with Crippen molar-refractivity contribution < 1.29 is 0 Å². The standard InChI is InChI=1S/C12H14BrCl2N/c13-7-11-2-1-5-16(11)8-9-6-10(14)3-4-12(9)15/h3-4,6,11H,1-2,5,7-8H2. The highest BCUT2D eigenvalue weighted by atomic mass is 79.9. The number of rotatable bonds is 3. The molecule has 1 aliphatic rings. The van der Waals surface area contributed by atoms with Crippen molar-refractivity contribution in [3.8, 4) is 0 Å². The van der Waals surface area contributed by atoms with Crippen LogP contribution >= 0.6 is 39.1 Å². The SMILES string of the molecule is Clc1ccc(Cl)c(CN2CCCC2CBr)c1. The molecule has 1 atom stereocenters. The number of hydrogen-bond acceptors (Lipinski definition) is 1. The van der Waals surface area contributed by atoms with E-state index in [2.05, 4.69) is 20.8 Å². The fourth-order valence-corrected chi connectivity index (χ4v) is 3.27. The monoisotopic (exact) mass is 321 g/mol. The van der Waals surface area contributed by atoms with Gasteiger partial charge >= 0.3 is 0 Å². The first-order chi connectivity index (χ1) is 7.70. The molecule has 0 N–H and O–H groups in total. The zero-order valence-electron chi connectivity index (χ0n) is 8.93. The van der Waals surface area contributed by atoms with Crippen molar-refractivity contribution in [3.05, 3.63) is 33.8 Å². The lowest BCUT2D eigenvalue weighted by molar-refractivity contribution is 0.265. The van der Waals surface area contributed by atoms with E-state index in [1.807, 2.05) is 18.2 Å². The Bertz CT molecular complexity index is 370. The lowest BCUT2D eigenvalue weighted by atomic mass is 10.2. The molecule has 16 heavy (non-hydrogen) atoms. The van der Waals surface area contributed by atoms with Crippen LogP contribution in [0, 0.1) is 0 Å². The second kappa shape index (κ2) is 5.72. The summed E-state index contributed by atoms with van der Waals surface area (Å²) in [6.07, 6.45) is 2.54. The molecule has 1 aliphatic heterocycles. The van der Waals surface area contributed by atoms with Crippen LogP contribution in [-0.4, -0.2) is 22.8 Å². The Balaban J connectivity index is 2.11. The molecule has 0 amide bonds. The van der Waals surface area contributed by atoms with E-state index in [4.69, 9.17) is 23.2 Å². The fraction of sp³-hybridized carbons (Fsp3) is 0.500. The summed E-state index contributed by atoms with van der Waals surface area (Å²) in [6, 6.07) is 6.31. The van der Waals surface area contributed by atoms with Crippen molar-refractivity contribution in [1.82, 2.24) is 4.90 Å². The predicted octanol–water partition coefficient (Wildman–Crippen LogP) is 4.35. The molecule has 1 saturated heterocycles. The Morgan fingerprint density at radius 1 is 1.38 bits per heavy atom. The second-order valence-corrected chi connectivity index (χ2v) is 5.65. The normalized spacial score (nSPS) is 21.6. The third-order valence-electron chi connectivity index (χ3n) is 3.06. The number of benzene rings is 1. The van der Waals surface area contributed by atoms with Gasteiger partial charge in [0, 0.05) is 28.0 Å². The molecule has 0 aliphatic carbocycles. The maximum Gasteiger partial charge on any atom is 0.0452 e. The quantitative estimate of drug-likeness (QED) is 0.748. The van der Waals surface area contributed by atoms with Gasteiger partial charge in [-0.2, -0.15) is 0 Å². The number of nitrogens with zero attached hydrogens (tertiary/aromatic N) is 1. The summed E-state index contributed by atoms with van der Waals surface area (Å²) in [7, 11) is 0. The summed E-state index contributed by atoms with van der Waals surface area (Å²) < 4.78 is 0. The van der Waals surface area contributed by atoms with Crippen LogP contribution in [0.3, 0.4) is 0 Å². The van der Waals surface area contributed by atoms with E-state index < -0.39 is 0 Å². The van der Waals surface area contributed by atoms with Gasteiger partial charge in [0.05, 0.1) is 0 Å². The van der Waals surface area contributed by atoms with Crippen LogP contribution < -0.4 is 0 Å². The minimum atomic E-state index is 0.634. The molecule has 0 saturated carbocycles. The zero-order valence-corrected chi connectivity index (χ0v) is 12.0. The zero-order chi connectivity index (χ0) is 11.5. The highest BCUT2D eigenvalue weighted by Gasteiger charge is 2.23. The van der Waals surface area contributed by atoms with Crippen molar-refractivity contribution in [2.45, 2.75) is 25.4 Å². The van der Waals surface area contributed by atoms with Gasteiger partial charge in [0.25, 0.3) is 0 Å². The molecule has 1 aromatic rings. The summed E-state index contributed by atoms with van der Waals surface area (Å²) in [5.41, 5.74) is 1.13. The first-order valence-corrected chi connectivity index (χ1v) is 7.32. The highest BCUT2D eigenvalue weighted by Crippen LogP contribution is 2.26. The average molecular weight is 323 g/mol. The summed E-state index contributed by atoms with van der Waals surface area (Å²) in [5.74, 6) is 0. The molecule has 1 unspecified atom stereocenters. The van der Waals surface area contributed by atoms with Crippen LogP contribution in [-0.2, 0) is 6.54 Å². The van der Waals surface area contributed by atoms with E-state index in [1.54, 1.807) is 0 Å². The number of halogens is 3. The van der Waals surface area contributed by atoms with Crippen molar-refractivity contribution >= 4 is 39.1 Å². The molecule has 2 rings (SSSR count). The van der Waals surface area contributed by atoms with Gasteiger partial charge in [-0.1, -0.05) is 39.1 Å². The van der Waals surface area contributed by atoms with Crippen LogP contribution in [0.4, 0.5) is 0 Å². The Morgan fingerprint density at radius 2 is 2.19 bits per heavy atom. The molecule has 1 heterocycles. The molecule has 1 fully saturated rings. The van der Waals surface area contributed by atoms with E-state index in [1.165, 1.54) is 12.8 Å². The Morgan fingerprint density at radius 3 is 2.94 bits per heavy atom. The van der Waals surface area contributed by atoms with Crippen LogP contribution in [0.25, 0.3) is 0 Å². The van der Waals surface area contributed by atoms with Gasteiger partial charge in [0.2, 0.25) is 0 Å². The molecule has 0 spiro atoms. The molecule has 0 radical (unpaired) electrons. The summed E-state index contributed by atoms with van der Waals surface area (Å²) in [4.78, 5) is 2.46. The van der Waals surface area contributed by atoms with Gasteiger partial charge in [-0.15, -0.1) is 0 Å². The van der Waals surface area contributed by atoms with E-state index in [0.29, 0.717) is 6.04 Å². The van der Waals surface area contributed by atoms with Crippen LogP contribution in [0.1, 0.15) is 18.4 Å². The second-order valence-electron chi connectivity index (χ2n) is 4.16. The average Bonchev–Trinajstić information content (AvgIpc) is 2.71. The van der Waals surface area contributed by atoms with Gasteiger partial charge in [0.1, 0.15) is 0 Å². The van der Waals surface area contributed by atoms with Gasteiger partial charge in [0.15, 0.2) is 0 Å². The van der Waals surface area contributed by atoms with E-state index in [0.717, 1.165) is 34.0 Å². The summed E-state index contributed by atoms with van der Waals surface area (Å²) >= 11 is 15.7. The largest absolute Gasteiger partial charge is 0.295 e. The third-order valence-corrected chi connectivity index (χ3v) is 4.41. The van der Waals surface area contributed by atoms with Gasteiger partial charge in [-0.25, -0.2) is 0 Å². The number of hydrogen-bond donors (Lipinski definition) is 0. The van der Waals surface area contributed by atoms with Crippen molar-refractivity contribution in [2.75, 3.05) is 11.9 Å². The first-order valence-electron chi connectivity index (χ1n) is 5.44. The minimum Gasteiger partial charge on any atom is -0.295 e. The molecule has 88 valence electrons. The highest BCUT2D eigenvalue weighted by molar-refractivity contribution is 9.09. The van der Waals surface area contributed by atoms with Crippen molar-refractivity contribution in [2.24, 2.45) is 0 Å². The van der Waals surface area contributed by atoms with E-state index >= 15 is 0 Å². The third kappa shape index (κ3) is 2.92. The molecule has 0 aromatic heterocycles. The van der Waals surface area contributed by atoms with Gasteiger partial charge in [-0.3, -0.25) is 4.90 Å². The fourth-order valence-electron chi connectivity index (χ4n) is 2.16. The summed E-state index contributed by atoms with van der Waals surface area (Å²) in [5, 5.41) is 2.60. The Labute approximate surface area is 115 Å². The van der Waals surface area contributed by atoms with E-state index in [-0.39, 0.29) is 0 Å². The maximum atomic E-state index is 6.17. The van der Waals surface area contributed by atoms with Crippen molar-refractivity contribution in [3.63, 3.8) is 0 Å². The predicted molar refractivity (Wildman–Crippen MR) is 73.7 cm³/mol. The Kier molecular flexibility index (Phi) is 4.54. The lowest BCUT2D eigenvalue weighted by Gasteiger charge is -2.23. The molecular weight excluding hydrogens is 309 g/mol. The molecule has 0 bridgehead atoms. The maximum absolute atomic E-state index is 6.17. The number of likely N-dealkylation sites (tertiary alicyclic amines) is 1. The topological polar surface area (TPSA) is 3.24 Å². The molecular formula is C12H14BrCl2N. The summed E-state index contributed by atoms with van der Waals surface area (Å²) in [6.45, 7) is 2.05. The van der Waals surface area contributed by atoms with E-state index in [9.17, 15) is 0 Å². The minimum absolute atomic E-state index is 0.634. The molecule has 1 aromatic carbocycles. The molecule has 4 heteroatoms. The lowest BCUT2D eigenvalue weighted by Crippen LogP contribution is -2.30.